The van der Waals surface area contributed by atoms with Crippen LogP contribution in [0.2, 0.25) is 0 Å². The van der Waals surface area contributed by atoms with Crippen LogP contribution in [-0.4, -0.2) is 23.6 Å². The molecule has 138 valence electrons. The maximum absolute atomic E-state index is 12.4. The molecule has 0 saturated carbocycles. The number of hydrogen-bond acceptors (Lipinski definition) is 6. The zero-order valence-electron chi connectivity index (χ0n) is 14.7. The molecule has 0 bridgehead atoms. The molecule has 1 N–H and O–H groups in total. The zero-order chi connectivity index (χ0) is 19.1. The van der Waals surface area contributed by atoms with Gasteiger partial charge in [0.25, 0.3) is 5.91 Å². The van der Waals surface area contributed by atoms with Crippen molar-refractivity contribution in [2.75, 3.05) is 11.9 Å². The quantitative estimate of drug-likeness (QED) is 0.490. The highest BCUT2D eigenvalue weighted by Gasteiger charge is 2.15. The van der Waals surface area contributed by atoms with Gasteiger partial charge >= 0.3 is 5.97 Å². The number of hydrogen-bond donors (Lipinski definition) is 1. The van der Waals surface area contributed by atoms with E-state index in [2.05, 4.69) is 10.5 Å². The molecule has 0 saturated heterocycles. The number of carbonyl (C=O) groups excluding carboxylic acids is 2. The van der Waals surface area contributed by atoms with Gasteiger partial charge in [-0.25, -0.2) is 4.79 Å². The van der Waals surface area contributed by atoms with E-state index in [1.807, 2.05) is 43.3 Å². The number of nitrogens with one attached hydrogen (secondary N) is 1. The second-order valence-electron chi connectivity index (χ2n) is 5.70. The molecule has 2 aromatic carbocycles. The van der Waals surface area contributed by atoms with Crippen LogP contribution in [0.15, 0.2) is 70.1 Å². The van der Waals surface area contributed by atoms with Gasteiger partial charge in [0.05, 0.1) is 11.3 Å². The predicted octanol–water partition coefficient (Wildman–Crippen LogP) is 4.07. The first kappa shape index (κ1) is 18.7. The molecule has 1 aromatic heterocycles. The predicted molar refractivity (Wildman–Crippen MR) is 103 cm³/mol. The number of aryl methyl sites for hydroxylation is 1. The molecule has 3 aromatic rings. The molecule has 3 rings (SSSR count). The second-order valence-corrected chi connectivity index (χ2v) is 6.72. The Morgan fingerprint density at radius 1 is 1.11 bits per heavy atom. The Labute approximate surface area is 160 Å². The van der Waals surface area contributed by atoms with Crippen LogP contribution >= 0.6 is 11.8 Å². The van der Waals surface area contributed by atoms with Crippen molar-refractivity contribution < 1.29 is 18.8 Å². The summed E-state index contributed by atoms with van der Waals surface area (Å²) < 4.78 is 10.2. The summed E-state index contributed by atoms with van der Waals surface area (Å²) in [5.74, 6) is 0.369. The van der Waals surface area contributed by atoms with E-state index in [-0.39, 0.29) is 6.61 Å². The lowest BCUT2D eigenvalue weighted by Crippen LogP contribution is -2.21. The van der Waals surface area contributed by atoms with Crippen LogP contribution in [0.3, 0.4) is 0 Å². The highest BCUT2D eigenvalue weighted by molar-refractivity contribution is 7.98. The largest absolute Gasteiger partial charge is 0.452 e. The number of rotatable bonds is 7. The van der Waals surface area contributed by atoms with Crippen LogP contribution in [0.5, 0.6) is 0 Å². The molecule has 0 spiro atoms. The molecule has 0 aliphatic carbocycles. The van der Waals surface area contributed by atoms with Crippen molar-refractivity contribution in [2.45, 2.75) is 17.6 Å². The van der Waals surface area contributed by atoms with Gasteiger partial charge in [0.15, 0.2) is 6.61 Å². The highest BCUT2D eigenvalue weighted by atomic mass is 32.2. The van der Waals surface area contributed by atoms with E-state index < -0.39 is 11.9 Å². The fraction of sp³-hybridized carbons (Fsp3) is 0.150. The number of nitrogens with zero attached hydrogens (tertiary/aromatic N) is 1. The van der Waals surface area contributed by atoms with Gasteiger partial charge in [-0.2, -0.15) is 0 Å². The Morgan fingerprint density at radius 2 is 1.85 bits per heavy atom. The van der Waals surface area contributed by atoms with Crippen LogP contribution < -0.4 is 5.32 Å². The number of carbonyl (C=O) groups is 2. The summed E-state index contributed by atoms with van der Waals surface area (Å²) in [6.07, 6.45) is 0. The molecule has 1 heterocycles. The van der Waals surface area contributed by atoms with Crippen molar-refractivity contribution in [2.24, 2.45) is 0 Å². The summed E-state index contributed by atoms with van der Waals surface area (Å²) in [7, 11) is 0. The van der Waals surface area contributed by atoms with E-state index in [4.69, 9.17) is 9.26 Å². The molecular formula is C20H18N2O4S. The van der Waals surface area contributed by atoms with E-state index in [9.17, 15) is 9.59 Å². The second kappa shape index (κ2) is 9.05. The SMILES string of the molecule is Cc1cc(CSc2ccccc2C(=O)OCC(=O)Nc2ccccc2)no1. The van der Waals surface area contributed by atoms with Gasteiger partial charge < -0.3 is 14.6 Å². The minimum Gasteiger partial charge on any atom is -0.452 e. The third-order valence-electron chi connectivity index (χ3n) is 3.55. The molecule has 0 unspecified atom stereocenters. The standard InChI is InChI=1S/C20H18N2O4S/c1-14-11-16(22-26-14)13-27-18-10-6-5-9-17(18)20(24)25-12-19(23)21-15-7-3-2-4-8-15/h2-11H,12-13H2,1H3,(H,21,23). The topological polar surface area (TPSA) is 81.4 Å². The lowest BCUT2D eigenvalue weighted by molar-refractivity contribution is -0.119. The van der Waals surface area contributed by atoms with Crippen molar-refractivity contribution in [3.05, 3.63) is 77.7 Å². The first-order valence-corrected chi connectivity index (χ1v) is 9.26. The average Bonchev–Trinajstić information content (AvgIpc) is 3.11. The molecular weight excluding hydrogens is 364 g/mol. The van der Waals surface area contributed by atoms with E-state index in [0.29, 0.717) is 17.0 Å². The Morgan fingerprint density at radius 3 is 2.59 bits per heavy atom. The summed E-state index contributed by atoms with van der Waals surface area (Å²) in [6, 6.07) is 17.9. The van der Waals surface area contributed by atoms with Crippen molar-refractivity contribution in [3.8, 4) is 0 Å². The maximum atomic E-state index is 12.4. The van der Waals surface area contributed by atoms with Gasteiger partial charge in [-0.15, -0.1) is 11.8 Å². The number of anilines is 1. The number of benzene rings is 2. The fourth-order valence-corrected chi connectivity index (χ4v) is 3.25. The Hall–Kier alpha value is -3.06. The number of esters is 1. The van der Waals surface area contributed by atoms with Gasteiger partial charge in [-0.3, -0.25) is 4.79 Å². The van der Waals surface area contributed by atoms with Crippen LogP contribution in [0, 0.1) is 6.92 Å². The van der Waals surface area contributed by atoms with Gasteiger partial charge in [-0.1, -0.05) is 35.5 Å². The molecule has 6 nitrogen and oxygen atoms in total. The minimum absolute atomic E-state index is 0.352. The van der Waals surface area contributed by atoms with Crippen molar-refractivity contribution in [1.29, 1.82) is 0 Å². The molecule has 0 radical (unpaired) electrons. The Kier molecular flexibility index (Phi) is 6.27. The third-order valence-corrected chi connectivity index (χ3v) is 4.66. The first-order chi connectivity index (χ1) is 13.1. The molecule has 0 atom stereocenters. The number of ether oxygens (including phenoxy) is 1. The van der Waals surface area contributed by atoms with Crippen LogP contribution in [0.25, 0.3) is 0 Å². The summed E-state index contributed by atoms with van der Waals surface area (Å²) in [4.78, 5) is 25.1. The fourth-order valence-electron chi connectivity index (χ4n) is 2.33. The zero-order valence-corrected chi connectivity index (χ0v) is 15.5. The first-order valence-electron chi connectivity index (χ1n) is 8.28. The Bertz CT molecular complexity index is 924. The minimum atomic E-state index is -0.544. The van der Waals surface area contributed by atoms with E-state index >= 15 is 0 Å². The highest BCUT2D eigenvalue weighted by Crippen LogP contribution is 2.26. The van der Waals surface area contributed by atoms with Gasteiger partial charge in [0, 0.05) is 22.4 Å². The lowest BCUT2D eigenvalue weighted by Gasteiger charge is -2.09. The van der Waals surface area contributed by atoms with Crippen molar-refractivity contribution >= 4 is 29.3 Å². The van der Waals surface area contributed by atoms with Crippen molar-refractivity contribution in [1.82, 2.24) is 5.16 Å². The maximum Gasteiger partial charge on any atom is 0.339 e. The Balaban J connectivity index is 1.57. The molecule has 27 heavy (non-hydrogen) atoms. The number of para-hydroxylation sites is 1. The van der Waals surface area contributed by atoms with Crippen LogP contribution in [-0.2, 0) is 15.3 Å². The van der Waals surface area contributed by atoms with Crippen LogP contribution in [0.4, 0.5) is 5.69 Å². The monoisotopic (exact) mass is 382 g/mol. The summed E-state index contributed by atoms with van der Waals surface area (Å²) in [5.41, 5.74) is 1.86. The third kappa shape index (κ3) is 5.46. The molecule has 0 aliphatic heterocycles. The number of aromatic nitrogens is 1. The molecule has 0 aliphatic rings. The molecule has 1 amide bonds. The van der Waals surface area contributed by atoms with E-state index in [1.165, 1.54) is 11.8 Å². The van der Waals surface area contributed by atoms with Gasteiger partial charge in [-0.05, 0) is 31.2 Å². The summed E-state index contributed by atoms with van der Waals surface area (Å²) >= 11 is 1.45. The summed E-state index contributed by atoms with van der Waals surface area (Å²) in [5, 5.41) is 6.61. The number of amides is 1. The summed E-state index contributed by atoms with van der Waals surface area (Å²) in [6.45, 7) is 1.47. The van der Waals surface area contributed by atoms with E-state index in [1.54, 1.807) is 24.3 Å². The van der Waals surface area contributed by atoms with Gasteiger partial charge in [0.2, 0.25) is 0 Å². The van der Waals surface area contributed by atoms with Crippen molar-refractivity contribution in [3.63, 3.8) is 0 Å². The van der Waals surface area contributed by atoms with Crippen LogP contribution in [0.1, 0.15) is 21.8 Å². The number of thioether (sulfide) groups is 1. The molecule has 7 heteroatoms. The smallest absolute Gasteiger partial charge is 0.339 e. The van der Waals surface area contributed by atoms with Gasteiger partial charge in [0.1, 0.15) is 5.76 Å². The average molecular weight is 382 g/mol. The lowest BCUT2D eigenvalue weighted by atomic mass is 10.2. The molecule has 0 fully saturated rings. The normalized spacial score (nSPS) is 10.4. The van der Waals surface area contributed by atoms with E-state index in [0.717, 1.165) is 16.3 Å².